The van der Waals surface area contributed by atoms with Gasteiger partial charge in [0, 0.05) is 0 Å². The topological polar surface area (TPSA) is 91.3 Å². The number of hydrogen-bond acceptors (Lipinski definition) is 5. The van der Waals surface area contributed by atoms with Crippen LogP contribution in [-0.4, -0.2) is 16.0 Å². The fraction of sp³-hybridized carbons (Fsp3) is 0.375. The Morgan fingerprint density at radius 3 is 2.93 bits per heavy atom. The Kier molecular flexibility index (Phi) is 1.95. The van der Waals surface area contributed by atoms with Crippen LogP contribution in [0.25, 0.3) is 0 Å². The van der Waals surface area contributed by atoms with Crippen LogP contribution in [-0.2, 0) is 0 Å². The zero-order valence-corrected chi connectivity index (χ0v) is 7.34. The van der Waals surface area contributed by atoms with Crippen LogP contribution in [0.1, 0.15) is 12.8 Å². The Bertz CT molecular complexity index is 376. The van der Waals surface area contributed by atoms with Crippen LogP contribution in [0.2, 0.25) is 0 Å². The lowest BCUT2D eigenvalue weighted by Gasteiger charge is -2.03. The highest BCUT2D eigenvalue weighted by atomic mass is 16.6. The van der Waals surface area contributed by atoms with Crippen molar-refractivity contribution in [2.24, 2.45) is 0 Å². The zero-order chi connectivity index (χ0) is 10.1. The summed E-state index contributed by atoms with van der Waals surface area (Å²) in [5.41, 5.74) is 5.12. The van der Waals surface area contributed by atoms with Gasteiger partial charge in [-0.3, -0.25) is 10.1 Å². The van der Waals surface area contributed by atoms with Gasteiger partial charge < -0.3 is 10.5 Å². The van der Waals surface area contributed by atoms with Crippen molar-refractivity contribution < 1.29 is 9.66 Å². The third-order valence-corrected chi connectivity index (χ3v) is 1.90. The standard InChI is InChI=1S/C8H9N3O3/c9-8-7(11(12)13)3-6(4-10-8)14-5-1-2-5/h3-5H,1-2H2,(H2,9,10). The summed E-state index contributed by atoms with van der Waals surface area (Å²) in [7, 11) is 0. The summed E-state index contributed by atoms with van der Waals surface area (Å²) in [6, 6.07) is 1.31. The molecule has 1 aliphatic rings. The third kappa shape index (κ3) is 1.73. The molecule has 0 aliphatic heterocycles. The molecule has 1 aromatic heterocycles. The highest BCUT2D eigenvalue weighted by Gasteiger charge is 2.25. The van der Waals surface area contributed by atoms with Crippen molar-refractivity contribution in [2.75, 3.05) is 5.73 Å². The molecule has 74 valence electrons. The average molecular weight is 195 g/mol. The minimum atomic E-state index is -0.567. The second-order valence-corrected chi connectivity index (χ2v) is 3.15. The molecule has 0 aromatic carbocycles. The van der Waals surface area contributed by atoms with E-state index < -0.39 is 4.92 Å². The van der Waals surface area contributed by atoms with E-state index in [1.165, 1.54) is 12.3 Å². The Balaban J connectivity index is 2.24. The Morgan fingerprint density at radius 1 is 1.64 bits per heavy atom. The van der Waals surface area contributed by atoms with Gasteiger partial charge in [0.15, 0.2) is 0 Å². The van der Waals surface area contributed by atoms with Crippen LogP contribution >= 0.6 is 0 Å². The third-order valence-electron chi connectivity index (χ3n) is 1.90. The first-order chi connectivity index (χ1) is 6.66. The van der Waals surface area contributed by atoms with Gasteiger partial charge in [0.25, 0.3) is 0 Å². The molecular formula is C8H9N3O3. The predicted molar refractivity (Wildman–Crippen MR) is 49.0 cm³/mol. The first-order valence-corrected chi connectivity index (χ1v) is 4.23. The number of ether oxygens (including phenoxy) is 1. The number of hydrogen-bond donors (Lipinski definition) is 1. The molecule has 1 aromatic rings. The van der Waals surface area contributed by atoms with E-state index in [2.05, 4.69) is 4.98 Å². The smallest absolute Gasteiger partial charge is 0.314 e. The number of nitro groups is 1. The molecule has 2 rings (SSSR count). The van der Waals surface area contributed by atoms with E-state index >= 15 is 0 Å². The minimum Gasteiger partial charge on any atom is -0.489 e. The first kappa shape index (κ1) is 8.74. The summed E-state index contributed by atoms with van der Waals surface area (Å²) in [6.45, 7) is 0. The van der Waals surface area contributed by atoms with Crippen LogP contribution in [0.5, 0.6) is 5.75 Å². The Hall–Kier alpha value is -1.85. The normalized spacial score (nSPS) is 15.1. The van der Waals surface area contributed by atoms with Gasteiger partial charge >= 0.3 is 5.69 Å². The maximum atomic E-state index is 10.5. The van der Waals surface area contributed by atoms with E-state index in [1.807, 2.05) is 0 Å². The molecule has 1 aliphatic carbocycles. The SMILES string of the molecule is Nc1ncc(OC2CC2)cc1[N+](=O)[O-]. The zero-order valence-electron chi connectivity index (χ0n) is 7.34. The highest BCUT2D eigenvalue weighted by molar-refractivity contribution is 5.54. The fourth-order valence-corrected chi connectivity index (χ4v) is 1.03. The molecule has 1 saturated carbocycles. The summed E-state index contributed by atoms with van der Waals surface area (Å²) in [5, 5.41) is 10.5. The molecule has 0 spiro atoms. The number of nitrogen functional groups attached to an aromatic ring is 1. The van der Waals surface area contributed by atoms with Gasteiger partial charge in [-0.1, -0.05) is 0 Å². The summed E-state index contributed by atoms with van der Waals surface area (Å²) < 4.78 is 5.35. The number of aromatic nitrogens is 1. The fourth-order valence-electron chi connectivity index (χ4n) is 1.03. The summed E-state index contributed by atoms with van der Waals surface area (Å²) in [4.78, 5) is 13.6. The lowest BCUT2D eigenvalue weighted by Crippen LogP contribution is -2.01. The monoisotopic (exact) mass is 195 g/mol. The van der Waals surface area contributed by atoms with Gasteiger partial charge in [-0.15, -0.1) is 0 Å². The number of nitrogens with zero attached hydrogens (tertiary/aromatic N) is 2. The molecule has 1 fully saturated rings. The van der Waals surface area contributed by atoms with Gasteiger partial charge in [-0.2, -0.15) is 0 Å². The Labute approximate surface area is 79.8 Å². The Morgan fingerprint density at radius 2 is 2.36 bits per heavy atom. The molecule has 2 N–H and O–H groups in total. The maximum Gasteiger partial charge on any atom is 0.314 e. The van der Waals surface area contributed by atoms with E-state index in [0.29, 0.717) is 5.75 Å². The van der Waals surface area contributed by atoms with Gasteiger partial charge in [0.2, 0.25) is 5.82 Å². The quantitative estimate of drug-likeness (QED) is 0.576. The molecule has 0 bridgehead atoms. The number of pyridine rings is 1. The summed E-state index contributed by atoms with van der Waals surface area (Å²) in [5.74, 6) is 0.326. The molecule has 6 heteroatoms. The van der Waals surface area contributed by atoms with Gasteiger partial charge in [0.1, 0.15) is 5.75 Å². The van der Waals surface area contributed by atoms with E-state index in [9.17, 15) is 10.1 Å². The van der Waals surface area contributed by atoms with E-state index in [4.69, 9.17) is 10.5 Å². The molecule has 6 nitrogen and oxygen atoms in total. The second-order valence-electron chi connectivity index (χ2n) is 3.15. The largest absolute Gasteiger partial charge is 0.489 e. The first-order valence-electron chi connectivity index (χ1n) is 4.23. The number of anilines is 1. The molecule has 0 atom stereocenters. The van der Waals surface area contributed by atoms with Gasteiger partial charge in [-0.05, 0) is 12.8 Å². The molecule has 1 heterocycles. The van der Waals surface area contributed by atoms with Crippen molar-refractivity contribution in [1.29, 1.82) is 0 Å². The van der Waals surface area contributed by atoms with Crippen molar-refractivity contribution in [3.8, 4) is 5.75 Å². The lowest BCUT2D eigenvalue weighted by atomic mass is 10.4. The van der Waals surface area contributed by atoms with E-state index in [1.54, 1.807) is 0 Å². The molecule has 0 radical (unpaired) electrons. The van der Waals surface area contributed by atoms with Crippen molar-refractivity contribution >= 4 is 11.5 Å². The second kappa shape index (κ2) is 3.13. The number of rotatable bonds is 3. The van der Waals surface area contributed by atoms with Crippen LogP contribution in [0.3, 0.4) is 0 Å². The van der Waals surface area contributed by atoms with Crippen molar-refractivity contribution in [2.45, 2.75) is 18.9 Å². The molecule has 14 heavy (non-hydrogen) atoms. The van der Waals surface area contributed by atoms with Crippen molar-refractivity contribution in [3.63, 3.8) is 0 Å². The van der Waals surface area contributed by atoms with Crippen LogP contribution < -0.4 is 10.5 Å². The van der Waals surface area contributed by atoms with Crippen LogP contribution in [0.4, 0.5) is 11.5 Å². The molecule has 0 amide bonds. The van der Waals surface area contributed by atoms with E-state index in [0.717, 1.165) is 12.8 Å². The molecule has 0 saturated heterocycles. The predicted octanol–water partition coefficient (Wildman–Crippen LogP) is 1.11. The average Bonchev–Trinajstić information content (AvgIpc) is 2.92. The lowest BCUT2D eigenvalue weighted by molar-refractivity contribution is -0.384. The van der Waals surface area contributed by atoms with Crippen LogP contribution in [0.15, 0.2) is 12.3 Å². The summed E-state index contributed by atoms with van der Waals surface area (Å²) >= 11 is 0. The van der Waals surface area contributed by atoms with Crippen LogP contribution in [0, 0.1) is 10.1 Å². The maximum absolute atomic E-state index is 10.5. The van der Waals surface area contributed by atoms with E-state index in [-0.39, 0.29) is 17.6 Å². The minimum absolute atomic E-state index is 0.0850. The number of nitrogens with two attached hydrogens (primary N) is 1. The van der Waals surface area contributed by atoms with Gasteiger partial charge in [-0.25, -0.2) is 4.98 Å². The van der Waals surface area contributed by atoms with Gasteiger partial charge in [0.05, 0.1) is 23.3 Å². The van der Waals surface area contributed by atoms with Crippen molar-refractivity contribution in [1.82, 2.24) is 4.98 Å². The molecule has 0 unspecified atom stereocenters. The van der Waals surface area contributed by atoms with Crippen molar-refractivity contribution in [3.05, 3.63) is 22.4 Å². The highest BCUT2D eigenvalue weighted by Crippen LogP contribution is 2.29. The molecular weight excluding hydrogens is 186 g/mol. The summed E-state index contributed by atoms with van der Waals surface area (Å²) in [6.07, 6.45) is 3.59.